The molecule has 0 saturated carbocycles. The van der Waals surface area contributed by atoms with Crippen LogP contribution >= 0.6 is 0 Å². The highest BCUT2D eigenvalue weighted by atomic mass is 28.5. The number of hydrogen-bond acceptors (Lipinski definition) is 14. The molecule has 0 aromatic rings. The molecular weight excluding hydrogens is 785 g/mol. The van der Waals surface area contributed by atoms with E-state index in [1.807, 2.05) is 6.92 Å². The van der Waals surface area contributed by atoms with Gasteiger partial charge >= 0.3 is 35.5 Å². The fourth-order valence-electron chi connectivity index (χ4n) is 5.46. The van der Waals surface area contributed by atoms with Gasteiger partial charge in [0.1, 0.15) is 0 Å². The minimum Gasteiger partial charge on any atom is -0.396 e. The maximum absolute atomic E-state index is 7.39. The minimum atomic E-state index is -3.90. The lowest BCUT2D eigenvalue weighted by Crippen LogP contribution is -2.67. The molecule has 14 nitrogen and oxygen atoms in total. The Balaban J connectivity index is 7.14. The van der Waals surface area contributed by atoms with Gasteiger partial charge in [-0.1, -0.05) is 0 Å². The van der Waals surface area contributed by atoms with E-state index >= 15 is 0 Å². The summed E-state index contributed by atoms with van der Waals surface area (Å²) in [5, 5.41) is 0. The van der Waals surface area contributed by atoms with Gasteiger partial charge in [-0.2, -0.15) is 0 Å². The molecule has 0 fully saturated rings. The van der Waals surface area contributed by atoms with E-state index in [4.69, 9.17) is 61.0 Å². The average molecular weight is 860 g/mol. The molecule has 0 N–H and O–H groups in total. The molecule has 22 heteroatoms. The van der Waals surface area contributed by atoms with Gasteiger partial charge in [0.25, 0.3) is 0 Å². The highest BCUT2D eigenvalue weighted by molar-refractivity contribution is 6.92. The van der Waals surface area contributed by atoms with Crippen LogP contribution in [0.2, 0.25) is 94.7 Å². The molecule has 0 heterocycles. The summed E-state index contributed by atoms with van der Waals surface area (Å²) in [5.41, 5.74) is 0. The van der Waals surface area contributed by atoms with E-state index in [1.165, 1.54) is 0 Å². The Labute approximate surface area is 313 Å². The lowest BCUT2D eigenvalue weighted by atomic mass is 10.5. The standard InChI is InChI=1S/C28H74O14Si8/c1-19-38-21-20-22-43(11,12)39-50(40-44(13,14)23-26-47(29-2,30-3)31-4,41-45(15,16)24-27-48(32-5,33-6)34-7)42-46(17,18)25-28-49(35-8,36-9)37-10/h19-28H2,1-18H3. The fourth-order valence-corrected chi connectivity index (χ4v) is 36.4. The molecule has 0 rings (SSSR count). The molecule has 0 spiro atoms. The first-order valence-corrected chi connectivity index (χ1v) is 37.3. The highest BCUT2D eigenvalue weighted by Gasteiger charge is 2.59. The zero-order valence-corrected chi connectivity index (χ0v) is 42.8. The molecule has 0 aromatic carbocycles. The molecule has 0 unspecified atom stereocenters. The van der Waals surface area contributed by atoms with E-state index in [0.717, 1.165) is 12.5 Å². The molecular formula is C28H74O14Si8. The molecule has 50 heavy (non-hydrogen) atoms. The van der Waals surface area contributed by atoms with Crippen LogP contribution in [0.4, 0.5) is 0 Å². The van der Waals surface area contributed by atoms with E-state index < -0.39 is 68.7 Å². The summed E-state index contributed by atoms with van der Waals surface area (Å²) in [4.78, 5) is 0. The van der Waals surface area contributed by atoms with Crippen molar-refractivity contribution in [3.63, 3.8) is 0 Å². The van der Waals surface area contributed by atoms with Gasteiger partial charge in [0.05, 0.1) is 0 Å². The maximum atomic E-state index is 7.39. The summed E-state index contributed by atoms with van der Waals surface area (Å²) < 4.78 is 87.3. The molecule has 0 aliphatic rings. The Morgan fingerprint density at radius 3 is 0.800 bits per heavy atom. The topological polar surface area (TPSA) is 129 Å². The zero-order chi connectivity index (χ0) is 39.0. The lowest BCUT2D eigenvalue weighted by Gasteiger charge is -2.46. The molecule has 0 aromatic heterocycles. The number of rotatable bonds is 31. The second-order valence-electron chi connectivity index (χ2n) is 14.6. The zero-order valence-electron chi connectivity index (χ0n) is 34.8. The number of ether oxygens (including phenoxy) is 1. The summed E-state index contributed by atoms with van der Waals surface area (Å²) in [7, 11) is -8.11. The fraction of sp³-hybridized carbons (Fsp3) is 1.00. The third-order valence-electron chi connectivity index (χ3n) is 8.78. The summed E-state index contributed by atoms with van der Waals surface area (Å²) in [6.07, 6.45) is 0.872. The Bertz CT molecular complexity index is 805. The molecule has 0 atom stereocenters. The third kappa shape index (κ3) is 17.8. The van der Waals surface area contributed by atoms with Crippen molar-refractivity contribution < 1.29 is 61.0 Å². The van der Waals surface area contributed by atoms with Crippen molar-refractivity contribution in [2.45, 2.75) is 108 Å². The van der Waals surface area contributed by atoms with E-state index in [2.05, 4.69) is 52.4 Å². The smallest absolute Gasteiger partial charge is 0.396 e. The highest BCUT2D eigenvalue weighted by Crippen LogP contribution is 2.37. The van der Waals surface area contributed by atoms with Crippen molar-refractivity contribution >= 4 is 68.7 Å². The average Bonchev–Trinajstić information content (AvgIpc) is 3.05. The van der Waals surface area contributed by atoms with Crippen LogP contribution < -0.4 is 0 Å². The largest absolute Gasteiger partial charge is 0.636 e. The predicted octanol–water partition coefficient (Wildman–Crippen LogP) is 6.37. The van der Waals surface area contributed by atoms with Gasteiger partial charge in [-0.25, -0.2) is 0 Å². The van der Waals surface area contributed by atoms with E-state index in [0.29, 0.717) is 49.5 Å². The Morgan fingerprint density at radius 1 is 0.340 bits per heavy atom. The molecule has 0 amide bonds. The van der Waals surface area contributed by atoms with Crippen molar-refractivity contribution in [2.75, 3.05) is 77.2 Å². The van der Waals surface area contributed by atoms with Crippen molar-refractivity contribution in [3.05, 3.63) is 0 Å². The molecule has 0 aliphatic heterocycles. The van der Waals surface area contributed by atoms with E-state index in [-0.39, 0.29) is 0 Å². The Hall–Kier alpha value is 1.18. The van der Waals surface area contributed by atoms with Gasteiger partial charge in [0.2, 0.25) is 0 Å². The van der Waals surface area contributed by atoms with Gasteiger partial charge < -0.3 is 61.0 Å². The normalized spacial score (nSPS) is 14.5. The van der Waals surface area contributed by atoms with Gasteiger partial charge in [-0.05, 0) is 89.9 Å². The van der Waals surface area contributed by atoms with Crippen molar-refractivity contribution in [1.82, 2.24) is 0 Å². The first kappa shape index (κ1) is 51.2. The van der Waals surface area contributed by atoms with Crippen LogP contribution in [-0.4, -0.2) is 146 Å². The molecule has 0 aliphatic carbocycles. The van der Waals surface area contributed by atoms with Crippen LogP contribution in [0.15, 0.2) is 0 Å². The monoisotopic (exact) mass is 858 g/mol. The first-order valence-electron chi connectivity index (χ1n) is 17.4. The second-order valence-corrected chi connectivity index (χ2v) is 44.2. The van der Waals surface area contributed by atoms with Crippen molar-refractivity contribution in [2.24, 2.45) is 0 Å². The minimum absolute atomic E-state index is 0.588. The van der Waals surface area contributed by atoms with Crippen LogP contribution in [0.25, 0.3) is 0 Å². The van der Waals surface area contributed by atoms with Crippen LogP contribution in [-0.2, 0) is 61.0 Å². The Morgan fingerprint density at radius 2 is 0.580 bits per heavy atom. The van der Waals surface area contributed by atoms with Crippen molar-refractivity contribution in [1.29, 1.82) is 0 Å². The van der Waals surface area contributed by atoms with Crippen molar-refractivity contribution in [3.8, 4) is 0 Å². The maximum Gasteiger partial charge on any atom is 0.636 e. The molecule has 302 valence electrons. The van der Waals surface area contributed by atoms with Gasteiger partial charge in [0, 0.05) is 95.3 Å². The second kappa shape index (κ2) is 22.7. The predicted molar refractivity (Wildman–Crippen MR) is 215 cm³/mol. The molecule has 0 radical (unpaired) electrons. The van der Waals surface area contributed by atoms with Crippen LogP contribution in [0.5, 0.6) is 0 Å². The van der Waals surface area contributed by atoms with Crippen LogP contribution in [0, 0.1) is 0 Å². The van der Waals surface area contributed by atoms with Gasteiger partial charge in [0.15, 0.2) is 33.3 Å². The summed E-state index contributed by atoms with van der Waals surface area (Å²) >= 11 is 0. The summed E-state index contributed by atoms with van der Waals surface area (Å²) in [5.74, 6) is 0. The molecule has 0 saturated heterocycles. The van der Waals surface area contributed by atoms with E-state index in [9.17, 15) is 0 Å². The van der Waals surface area contributed by atoms with Crippen LogP contribution in [0.3, 0.4) is 0 Å². The van der Waals surface area contributed by atoms with Gasteiger partial charge in [-0.15, -0.1) is 0 Å². The number of hydrogen-bond donors (Lipinski definition) is 0. The SMILES string of the molecule is CCOCCC[Si](C)(C)O[Si](O[Si](C)(C)CC[Si](OC)(OC)OC)(O[Si](C)(C)CC[Si](OC)(OC)OC)O[Si](C)(C)CC[Si](OC)(OC)OC. The lowest BCUT2D eigenvalue weighted by molar-refractivity contribution is 0.120. The quantitative estimate of drug-likeness (QED) is 0.0566. The van der Waals surface area contributed by atoms with Crippen LogP contribution in [0.1, 0.15) is 13.3 Å². The summed E-state index contributed by atoms with van der Waals surface area (Å²) in [6.45, 7) is 20.8. The first-order chi connectivity index (χ1) is 23.1. The van der Waals surface area contributed by atoms with Gasteiger partial charge in [-0.3, -0.25) is 0 Å². The molecule has 0 bridgehead atoms. The third-order valence-corrected chi connectivity index (χ3v) is 37.2. The van der Waals surface area contributed by atoms with E-state index in [1.54, 1.807) is 64.0 Å². The summed E-state index contributed by atoms with van der Waals surface area (Å²) in [6, 6.07) is 4.69. The Kier molecular flexibility index (Phi) is 23.2.